The number of nitrogen functional groups attached to an aromatic ring is 1. The molecule has 4 nitrogen and oxygen atoms in total. The number of hydrogen-bond acceptors (Lipinski definition) is 4. The fourth-order valence-corrected chi connectivity index (χ4v) is 1.96. The van der Waals surface area contributed by atoms with Crippen molar-refractivity contribution in [2.24, 2.45) is 0 Å². The Morgan fingerprint density at radius 2 is 2.00 bits per heavy atom. The van der Waals surface area contributed by atoms with Crippen molar-refractivity contribution in [2.45, 2.75) is 6.61 Å². The van der Waals surface area contributed by atoms with Gasteiger partial charge in [-0.05, 0) is 30.3 Å². The standard InChI is InChI=1S/C15H13BrFNO3/c16-12-6-5-11(17)7-10(12)8-21-15(19)9-20-14-4-2-1-3-13(14)18/h1-7H,8-9,18H2. The number of ether oxygens (including phenoxy) is 2. The van der Waals surface area contributed by atoms with Gasteiger partial charge in [-0.2, -0.15) is 0 Å². The topological polar surface area (TPSA) is 61.5 Å². The molecule has 2 aromatic rings. The summed E-state index contributed by atoms with van der Waals surface area (Å²) in [6.07, 6.45) is 0. The van der Waals surface area contributed by atoms with Crippen LogP contribution in [0.3, 0.4) is 0 Å². The highest BCUT2D eigenvalue weighted by Crippen LogP contribution is 2.20. The quantitative estimate of drug-likeness (QED) is 0.661. The lowest BCUT2D eigenvalue weighted by Crippen LogP contribution is -2.15. The minimum Gasteiger partial charge on any atom is -0.480 e. The molecule has 2 rings (SSSR count). The molecule has 0 saturated heterocycles. The molecule has 0 aliphatic rings. The number of carbonyl (C=O) groups excluding carboxylic acids is 1. The lowest BCUT2D eigenvalue weighted by atomic mass is 10.2. The number of para-hydroxylation sites is 2. The van der Waals surface area contributed by atoms with Gasteiger partial charge in [0.25, 0.3) is 0 Å². The highest BCUT2D eigenvalue weighted by atomic mass is 79.9. The highest BCUT2D eigenvalue weighted by molar-refractivity contribution is 9.10. The second-order valence-corrected chi connectivity index (χ2v) is 5.08. The van der Waals surface area contributed by atoms with Crippen molar-refractivity contribution in [3.05, 3.63) is 58.3 Å². The van der Waals surface area contributed by atoms with Crippen LogP contribution in [0, 0.1) is 5.82 Å². The van der Waals surface area contributed by atoms with Gasteiger partial charge in [0, 0.05) is 10.0 Å². The third-order valence-corrected chi connectivity index (χ3v) is 3.43. The molecule has 0 bridgehead atoms. The van der Waals surface area contributed by atoms with Gasteiger partial charge in [0.05, 0.1) is 5.69 Å². The predicted octanol–water partition coefficient (Wildman–Crippen LogP) is 3.29. The van der Waals surface area contributed by atoms with Gasteiger partial charge in [0.2, 0.25) is 0 Å². The van der Waals surface area contributed by atoms with Gasteiger partial charge >= 0.3 is 5.97 Å². The Morgan fingerprint density at radius 1 is 1.24 bits per heavy atom. The molecule has 110 valence electrons. The van der Waals surface area contributed by atoms with Crippen LogP contribution in [-0.4, -0.2) is 12.6 Å². The van der Waals surface area contributed by atoms with Crippen LogP contribution in [0.2, 0.25) is 0 Å². The summed E-state index contributed by atoms with van der Waals surface area (Å²) in [6, 6.07) is 11.0. The summed E-state index contributed by atoms with van der Waals surface area (Å²) in [4.78, 5) is 11.6. The summed E-state index contributed by atoms with van der Waals surface area (Å²) in [7, 11) is 0. The van der Waals surface area contributed by atoms with Crippen molar-refractivity contribution in [1.29, 1.82) is 0 Å². The fourth-order valence-electron chi connectivity index (χ4n) is 1.60. The molecule has 21 heavy (non-hydrogen) atoms. The zero-order valence-corrected chi connectivity index (χ0v) is 12.6. The predicted molar refractivity (Wildman–Crippen MR) is 80.2 cm³/mol. The third kappa shape index (κ3) is 4.46. The summed E-state index contributed by atoms with van der Waals surface area (Å²) in [5.74, 6) is -0.534. The number of hydrogen-bond donors (Lipinski definition) is 1. The lowest BCUT2D eigenvalue weighted by Gasteiger charge is -2.09. The van der Waals surface area contributed by atoms with Crippen molar-refractivity contribution in [3.63, 3.8) is 0 Å². The summed E-state index contributed by atoms with van der Waals surface area (Å²) in [5, 5.41) is 0. The first-order chi connectivity index (χ1) is 10.1. The molecule has 2 aromatic carbocycles. The second-order valence-electron chi connectivity index (χ2n) is 4.22. The largest absolute Gasteiger partial charge is 0.480 e. The van der Waals surface area contributed by atoms with Gasteiger partial charge < -0.3 is 15.2 Å². The maximum atomic E-state index is 13.1. The second kappa shape index (κ2) is 7.08. The molecule has 0 aliphatic carbocycles. The van der Waals surface area contributed by atoms with E-state index in [0.717, 1.165) is 0 Å². The fraction of sp³-hybridized carbons (Fsp3) is 0.133. The van der Waals surface area contributed by atoms with Crippen molar-refractivity contribution in [2.75, 3.05) is 12.3 Å². The first kappa shape index (κ1) is 15.3. The maximum absolute atomic E-state index is 13.1. The van der Waals surface area contributed by atoms with Crippen LogP contribution in [0.4, 0.5) is 10.1 Å². The van der Waals surface area contributed by atoms with Crippen LogP contribution in [0.1, 0.15) is 5.56 Å². The maximum Gasteiger partial charge on any atom is 0.344 e. The van der Waals surface area contributed by atoms with E-state index < -0.39 is 11.8 Å². The van der Waals surface area contributed by atoms with Crippen molar-refractivity contribution < 1.29 is 18.7 Å². The zero-order valence-electron chi connectivity index (χ0n) is 11.0. The van der Waals surface area contributed by atoms with Crippen LogP contribution >= 0.6 is 15.9 Å². The molecular formula is C15H13BrFNO3. The summed E-state index contributed by atoms with van der Waals surface area (Å²) in [6.45, 7) is -0.300. The first-order valence-corrected chi connectivity index (χ1v) is 6.92. The summed E-state index contributed by atoms with van der Waals surface area (Å²) >= 11 is 3.26. The number of benzene rings is 2. The van der Waals surface area contributed by atoms with E-state index in [1.165, 1.54) is 12.1 Å². The summed E-state index contributed by atoms with van der Waals surface area (Å²) in [5.41, 5.74) is 6.67. The minimum absolute atomic E-state index is 0.0369. The van der Waals surface area contributed by atoms with Gasteiger partial charge in [-0.25, -0.2) is 9.18 Å². The number of halogens is 2. The van der Waals surface area contributed by atoms with Gasteiger partial charge in [0.1, 0.15) is 18.2 Å². The molecule has 0 radical (unpaired) electrons. The Balaban J connectivity index is 1.85. The van der Waals surface area contributed by atoms with E-state index in [4.69, 9.17) is 15.2 Å². The van der Waals surface area contributed by atoms with E-state index in [9.17, 15) is 9.18 Å². The normalized spacial score (nSPS) is 10.2. The first-order valence-electron chi connectivity index (χ1n) is 6.13. The van der Waals surface area contributed by atoms with Crippen molar-refractivity contribution in [1.82, 2.24) is 0 Å². The smallest absolute Gasteiger partial charge is 0.344 e. The summed E-state index contributed by atoms with van der Waals surface area (Å²) < 4.78 is 24.0. The Morgan fingerprint density at radius 3 is 2.76 bits per heavy atom. The molecule has 0 aromatic heterocycles. The van der Waals surface area contributed by atoms with E-state index in [2.05, 4.69) is 15.9 Å². The molecule has 0 heterocycles. The lowest BCUT2D eigenvalue weighted by molar-refractivity contribution is -0.147. The zero-order chi connectivity index (χ0) is 15.2. The minimum atomic E-state index is -0.561. The molecule has 0 amide bonds. The van der Waals surface area contributed by atoms with Crippen molar-refractivity contribution >= 4 is 27.6 Å². The molecule has 6 heteroatoms. The van der Waals surface area contributed by atoms with Gasteiger partial charge in [0.15, 0.2) is 6.61 Å². The molecule has 0 aliphatic heterocycles. The van der Waals surface area contributed by atoms with Gasteiger partial charge in [-0.15, -0.1) is 0 Å². The molecule has 0 fully saturated rings. The van der Waals surface area contributed by atoms with E-state index in [1.54, 1.807) is 30.3 Å². The van der Waals surface area contributed by atoms with Crippen LogP contribution in [0.5, 0.6) is 5.75 Å². The SMILES string of the molecule is Nc1ccccc1OCC(=O)OCc1cc(F)ccc1Br. The third-order valence-electron chi connectivity index (χ3n) is 2.66. The van der Waals surface area contributed by atoms with Crippen LogP contribution in [0.25, 0.3) is 0 Å². The molecule has 0 atom stereocenters. The Hall–Kier alpha value is -2.08. The average Bonchev–Trinajstić information content (AvgIpc) is 2.47. The van der Waals surface area contributed by atoms with Gasteiger partial charge in [-0.3, -0.25) is 0 Å². The molecule has 0 spiro atoms. The molecule has 0 unspecified atom stereocenters. The number of carbonyl (C=O) groups is 1. The molecule has 0 saturated carbocycles. The number of nitrogens with two attached hydrogens (primary N) is 1. The van der Waals surface area contributed by atoms with E-state index in [-0.39, 0.29) is 13.2 Å². The Labute approximate surface area is 129 Å². The van der Waals surface area contributed by atoms with Crippen LogP contribution < -0.4 is 10.5 Å². The van der Waals surface area contributed by atoms with Crippen LogP contribution in [0.15, 0.2) is 46.9 Å². The monoisotopic (exact) mass is 353 g/mol. The number of rotatable bonds is 5. The number of anilines is 1. The molecular weight excluding hydrogens is 341 g/mol. The highest BCUT2D eigenvalue weighted by Gasteiger charge is 2.08. The number of esters is 1. The van der Waals surface area contributed by atoms with E-state index in [0.29, 0.717) is 21.5 Å². The molecule has 2 N–H and O–H groups in total. The van der Waals surface area contributed by atoms with Crippen molar-refractivity contribution in [3.8, 4) is 5.75 Å². The Bertz CT molecular complexity index is 649. The van der Waals surface area contributed by atoms with Crippen LogP contribution in [-0.2, 0) is 16.1 Å². The van der Waals surface area contributed by atoms with Gasteiger partial charge in [-0.1, -0.05) is 28.1 Å². The Kier molecular flexibility index (Phi) is 5.16. The average molecular weight is 354 g/mol. The van der Waals surface area contributed by atoms with E-state index in [1.807, 2.05) is 0 Å². The van der Waals surface area contributed by atoms with E-state index >= 15 is 0 Å².